The van der Waals surface area contributed by atoms with Crippen LogP contribution in [0.25, 0.3) is 17.0 Å². The van der Waals surface area contributed by atoms with Crippen molar-refractivity contribution in [2.24, 2.45) is 16.6 Å². The van der Waals surface area contributed by atoms with Crippen LogP contribution in [-0.2, 0) is 23.7 Å². The first kappa shape index (κ1) is 27.1. The Morgan fingerprint density at radius 1 is 1.13 bits per heavy atom. The Balaban J connectivity index is 1.57. The maximum absolute atomic E-state index is 13.5. The maximum Gasteiger partial charge on any atom is 0.416 e. The van der Waals surface area contributed by atoms with Gasteiger partial charge in [-0.1, -0.05) is 12.1 Å². The number of benzene rings is 2. The summed E-state index contributed by atoms with van der Waals surface area (Å²) in [7, 11) is 0. The van der Waals surface area contributed by atoms with Gasteiger partial charge in [0.2, 0.25) is 0 Å². The first-order valence-corrected chi connectivity index (χ1v) is 11.6. The Hall–Kier alpha value is -3.98. The van der Waals surface area contributed by atoms with Gasteiger partial charge in [-0.15, -0.1) is 0 Å². The van der Waals surface area contributed by atoms with E-state index in [0.29, 0.717) is 38.3 Å². The zero-order chi connectivity index (χ0) is 27.7. The molecule has 8 nitrogen and oxygen atoms in total. The Kier molecular flexibility index (Phi) is 7.42. The number of hydrazine groups is 1. The van der Waals surface area contributed by atoms with Gasteiger partial charge >= 0.3 is 12.4 Å². The molecule has 0 unspecified atom stereocenters. The number of nitrogens with zero attached hydrogens (tertiary/aromatic N) is 3. The van der Waals surface area contributed by atoms with E-state index in [1.165, 1.54) is 17.1 Å². The number of carbonyl (C=O) groups is 1. The van der Waals surface area contributed by atoms with Gasteiger partial charge in [0.1, 0.15) is 0 Å². The highest BCUT2D eigenvalue weighted by Crippen LogP contribution is 2.38. The molecule has 0 atom stereocenters. The number of nitrogens with one attached hydrogen (secondary N) is 2. The van der Waals surface area contributed by atoms with Crippen molar-refractivity contribution >= 4 is 39.8 Å². The summed E-state index contributed by atoms with van der Waals surface area (Å²) >= 11 is 1.10. The van der Waals surface area contributed by atoms with Crippen LogP contribution in [0.15, 0.2) is 64.4 Å². The van der Waals surface area contributed by atoms with Gasteiger partial charge in [0.25, 0.3) is 5.91 Å². The molecule has 0 spiro atoms. The third-order valence-electron chi connectivity index (χ3n) is 5.35. The molecule has 0 saturated carbocycles. The molecule has 1 amide bonds. The number of halogens is 6. The van der Waals surface area contributed by atoms with Crippen LogP contribution in [-0.4, -0.2) is 27.4 Å². The molecule has 4 rings (SSSR count). The lowest BCUT2D eigenvalue weighted by atomic mass is 10.0. The van der Waals surface area contributed by atoms with E-state index in [9.17, 15) is 31.1 Å². The van der Waals surface area contributed by atoms with Gasteiger partial charge in [0.15, 0.2) is 5.17 Å². The first-order valence-electron chi connectivity index (χ1n) is 10.7. The fraction of sp³-hybridized carbons (Fsp3) is 0.174. The smallest absolute Gasteiger partial charge is 0.399 e. The van der Waals surface area contributed by atoms with E-state index in [4.69, 9.17) is 11.6 Å². The van der Waals surface area contributed by atoms with Crippen molar-refractivity contribution < 1.29 is 31.1 Å². The molecule has 0 radical (unpaired) electrons. The summed E-state index contributed by atoms with van der Waals surface area (Å²) in [6.07, 6.45) is -5.50. The number of alkyl halides is 6. The van der Waals surface area contributed by atoms with Crippen LogP contribution in [0.5, 0.6) is 0 Å². The van der Waals surface area contributed by atoms with Crippen LogP contribution in [0.1, 0.15) is 22.3 Å². The van der Waals surface area contributed by atoms with Crippen LogP contribution in [0.3, 0.4) is 0 Å². The quantitative estimate of drug-likeness (QED) is 0.158. The fourth-order valence-electron chi connectivity index (χ4n) is 3.61. The zero-order valence-corrected chi connectivity index (χ0v) is 20.0. The van der Waals surface area contributed by atoms with E-state index >= 15 is 0 Å². The summed E-state index contributed by atoms with van der Waals surface area (Å²) in [5.74, 6) is 4.77. The van der Waals surface area contributed by atoms with Gasteiger partial charge in [-0.05, 0) is 53.2 Å². The van der Waals surface area contributed by atoms with Crippen molar-refractivity contribution in [1.82, 2.24) is 20.5 Å². The van der Waals surface area contributed by atoms with Gasteiger partial charge < -0.3 is 16.5 Å². The topological polar surface area (TPSA) is 123 Å². The fourth-order valence-corrected chi connectivity index (χ4v) is 4.43. The number of hydrogen-bond acceptors (Lipinski definition) is 7. The van der Waals surface area contributed by atoms with Crippen LogP contribution < -0.4 is 22.3 Å². The van der Waals surface area contributed by atoms with E-state index in [1.54, 1.807) is 24.3 Å². The summed E-state index contributed by atoms with van der Waals surface area (Å²) in [6, 6.07) is 6.45. The first-order chi connectivity index (χ1) is 17.8. The second-order valence-electron chi connectivity index (χ2n) is 8.06. The van der Waals surface area contributed by atoms with Crippen molar-refractivity contribution in [2.45, 2.75) is 18.9 Å². The second kappa shape index (κ2) is 10.4. The highest BCUT2D eigenvalue weighted by Gasteiger charge is 2.38. The van der Waals surface area contributed by atoms with Crippen molar-refractivity contribution in [1.29, 1.82) is 0 Å². The molecular weight excluding hydrogens is 536 g/mol. The second-order valence-corrected chi connectivity index (χ2v) is 9.09. The summed E-state index contributed by atoms with van der Waals surface area (Å²) < 4.78 is 80.7. The Morgan fingerprint density at radius 2 is 1.89 bits per heavy atom. The van der Waals surface area contributed by atoms with Crippen LogP contribution >= 0.6 is 11.8 Å². The standard InChI is InChI=1S/C23H19F6N7OS/c24-22(25,26)15-3-2-13(17(7-15)23(27,28)29)11-36-18-4-1-12(5-14(18)8-34-36)6-19-20(37)35-21(38-19)32-9-16(30)10-33-31/h1-8,10,33H,9,11,30-31H2,(H,32,35,37)/b16-10-,19-6-. The van der Waals surface area contributed by atoms with Gasteiger partial charge in [-0.25, -0.2) is 0 Å². The number of amides is 1. The van der Waals surface area contributed by atoms with Gasteiger partial charge in [-0.2, -0.15) is 31.4 Å². The number of nitrogens with two attached hydrogens (primary N) is 2. The number of hydrogen-bond donors (Lipinski definition) is 4. The van der Waals surface area contributed by atoms with E-state index < -0.39 is 30.0 Å². The molecule has 1 aliphatic rings. The number of amidine groups is 1. The van der Waals surface area contributed by atoms with Crippen LogP contribution in [0, 0.1) is 0 Å². The predicted molar refractivity (Wildman–Crippen MR) is 131 cm³/mol. The number of fused-ring (bicyclic) bond motifs is 1. The number of aromatic nitrogens is 2. The zero-order valence-electron chi connectivity index (χ0n) is 19.2. The van der Waals surface area contributed by atoms with E-state index in [1.807, 2.05) is 0 Å². The van der Waals surface area contributed by atoms with Gasteiger partial charge in [0, 0.05) is 17.3 Å². The van der Waals surface area contributed by atoms with E-state index in [2.05, 4.69) is 20.8 Å². The summed E-state index contributed by atoms with van der Waals surface area (Å²) in [5.41, 5.74) is 6.27. The predicted octanol–water partition coefficient (Wildman–Crippen LogP) is 3.95. The molecule has 2 heterocycles. The Morgan fingerprint density at radius 3 is 2.58 bits per heavy atom. The van der Waals surface area contributed by atoms with Crippen molar-refractivity contribution in [3.05, 3.63) is 81.7 Å². The van der Waals surface area contributed by atoms with Crippen molar-refractivity contribution in [2.75, 3.05) is 6.54 Å². The summed E-state index contributed by atoms with van der Waals surface area (Å²) in [4.78, 5) is 16.8. The van der Waals surface area contributed by atoms with Crippen molar-refractivity contribution in [3.63, 3.8) is 0 Å². The molecule has 1 saturated heterocycles. The molecule has 3 aromatic rings. The Labute approximate surface area is 215 Å². The highest BCUT2D eigenvalue weighted by molar-refractivity contribution is 8.18. The molecule has 1 aliphatic heterocycles. The normalized spacial score (nSPS) is 17.0. The van der Waals surface area contributed by atoms with Crippen molar-refractivity contribution in [3.8, 4) is 0 Å². The monoisotopic (exact) mass is 555 g/mol. The minimum absolute atomic E-state index is 0.104. The average molecular weight is 556 g/mol. The number of rotatable bonds is 6. The maximum atomic E-state index is 13.5. The minimum atomic E-state index is -4.98. The lowest BCUT2D eigenvalue weighted by Gasteiger charge is -2.16. The number of thioether (sulfide) groups is 1. The van der Waals surface area contributed by atoms with Crippen LogP contribution in [0.4, 0.5) is 26.3 Å². The molecule has 1 fully saturated rings. The molecule has 0 bridgehead atoms. The van der Waals surface area contributed by atoms with Crippen LogP contribution in [0.2, 0.25) is 0 Å². The molecule has 1 aromatic heterocycles. The van der Waals surface area contributed by atoms with E-state index in [-0.39, 0.29) is 24.1 Å². The third-order valence-corrected chi connectivity index (χ3v) is 6.30. The Bertz CT molecular complexity index is 1470. The summed E-state index contributed by atoms with van der Waals surface area (Å²) in [5, 5.41) is 7.63. The molecule has 6 N–H and O–H groups in total. The largest absolute Gasteiger partial charge is 0.416 e. The minimum Gasteiger partial charge on any atom is -0.399 e. The molecule has 38 heavy (non-hydrogen) atoms. The molecule has 15 heteroatoms. The van der Waals surface area contributed by atoms with Gasteiger partial charge in [0.05, 0.1) is 40.8 Å². The molecular formula is C23H19F6N7OS. The highest BCUT2D eigenvalue weighted by atomic mass is 32.2. The third kappa shape index (κ3) is 6.11. The average Bonchev–Trinajstić information content (AvgIpc) is 3.39. The van der Waals surface area contributed by atoms with E-state index in [0.717, 1.165) is 17.8 Å². The lowest BCUT2D eigenvalue weighted by Crippen LogP contribution is -2.21. The number of aliphatic imine (C=N–C) groups is 1. The lowest BCUT2D eigenvalue weighted by molar-refractivity contribution is -0.143. The summed E-state index contributed by atoms with van der Waals surface area (Å²) in [6.45, 7) is -0.285. The number of carbonyl (C=O) groups excluding carboxylic acids is 1. The molecule has 0 aliphatic carbocycles. The SMILES string of the molecule is NN/C=C(\N)CN=C1NC(=O)/C(=C/c2ccc3c(cnn3Cc3ccc(C(F)(F)F)cc3C(F)(F)F)c2)S1. The van der Waals surface area contributed by atoms with Gasteiger partial charge in [-0.3, -0.25) is 20.3 Å². The molecule has 2 aromatic carbocycles. The molecule has 200 valence electrons.